The molecular weight excluding hydrogens is 264 g/mol. The van der Waals surface area contributed by atoms with E-state index in [1.54, 1.807) is 0 Å². The number of nitrogens with one attached hydrogen (secondary N) is 1. The maximum Gasteiger partial charge on any atom is 0.328 e. The van der Waals surface area contributed by atoms with E-state index < -0.39 is 29.9 Å². The summed E-state index contributed by atoms with van der Waals surface area (Å²) in [6.07, 6.45) is 1.13. The van der Waals surface area contributed by atoms with Gasteiger partial charge in [0.15, 0.2) is 0 Å². The van der Waals surface area contributed by atoms with Crippen molar-refractivity contribution in [2.24, 2.45) is 5.73 Å². The molecule has 0 aromatic carbocycles. The van der Waals surface area contributed by atoms with E-state index in [-0.39, 0.29) is 0 Å². The Bertz CT molecular complexity index is 381. The molecule has 0 aliphatic rings. The van der Waals surface area contributed by atoms with Crippen molar-refractivity contribution in [1.29, 1.82) is 0 Å². The molecule has 0 saturated heterocycles. The molecule has 2 unspecified atom stereocenters. The fourth-order valence-electron chi connectivity index (χ4n) is 1.48. The van der Waals surface area contributed by atoms with Crippen LogP contribution in [-0.4, -0.2) is 44.1 Å². The molecule has 0 heterocycles. The zero-order chi connectivity index (χ0) is 15.7. The Morgan fingerprint density at radius 3 is 2.15 bits per heavy atom. The average Bonchev–Trinajstić information content (AvgIpc) is 2.43. The zero-order valence-electron chi connectivity index (χ0n) is 12.1. The van der Waals surface area contributed by atoms with E-state index in [1.165, 1.54) is 21.1 Å². The van der Waals surface area contributed by atoms with Crippen molar-refractivity contribution in [3.8, 4) is 0 Å². The predicted molar refractivity (Wildman–Crippen MR) is 72.6 cm³/mol. The number of rotatable bonds is 8. The van der Waals surface area contributed by atoms with Crippen molar-refractivity contribution in [1.82, 2.24) is 5.32 Å². The van der Waals surface area contributed by atoms with Gasteiger partial charge in [0.05, 0.1) is 14.2 Å². The van der Waals surface area contributed by atoms with Crippen LogP contribution in [0.15, 0.2) is 12.2 Å². The number of hydrogen-bond acceptors (Lipinski definition) is 6. The minimum absolute atomic E-state index is 0.296. The van der Waals surface area contributed by atoms with Gasteiger partial charge in [-0.15, -0.1) is 0 Å². The number of nitrogens with two attached hydrogens (primary N) is 1. The topological polar surface area (TPSA) is 108 Å². The fourth-order valence-corrected chi connectivity index (χ4v) is 1.48. The first-order valence-corrected chi connectivity index (χ1v) is 6.21. The molecule has 20 heavy (non-hydrogen) atoms. The van der Waals surface area contributed by atoms with Crippen molar-refractivity contribution in [2.45, 2.75) is 38.3 Å². The molecule has 0 saturated carbocycles. The van der Waals surface area contributed by atoms with Gasteiger partial charge in [-0.05, 0) is 26.2 Å². The highest BCUT2D eigenvalue weighted by Gasteiger charge is 2.22. The van der Waals surface area contributed by atoms with Gasteiger partial charge in [-0.2, -0.15) is 0 Å². The number of carbonyl (C=O) groups is 3. The maximum atomic E-state index is 11.5. The molecule has 114 valence electrons. The summed E-state index contributed by atoms with van der Waals surface area (Å²) in [7, 11) is 2.50. The van der Waals surface area contributed by atoms with E-state index in [1.807, 2.05) is 0 Å². The van der Waals surface area contributed by atoms with Gasteiger partial charge in [0, 0.05) is 5.57 Å². The molecule has 0 bridgehead atoms. The lowest BCUT2D eigenvalue weighted by molar-refractivity contribution is -0.144. The Labute approximate surface area is 118 Å². The molecule has 0 aromatic heterocycles. The van der Waals surface area contributed by atoms with Crippen molar-refractivity contribution in [2.75, 3.05) is 14.2 Å². The van der Waals surface area contributed by atoms with Crippen LogP contribution < -0.4 is 11.1 Å². The zero-order valence-corrected chi connectivity index (χ0v) is 12.1. The van der Waals surface area contributed by atoms with Crippen molar-refractivity contribution >= 4 is 17.8 Å². The molecule has 7 heteroatoms. The SMILES string of the molecule is C=C(C)C(=O)NC(CCCC(N)C(=O)OC)C(=O)OC. The summed E-state index contributed by atoms with van der Waals surface area (Å²) in [5.74, 6) is -1.48. The summed E-state index contributed by atoms with van der Waals surface area (Å²) < 4.78 is 9.11. The molecule has 0 rings (SSSR count). The van der Waals surface area contributed by atoms with Crippen LogP contribution in [0.1, 0.15) is 26.2 Å². The number of amides is 1. The van der Waals surface area contributed by atoms with Crippen LogP contribution in [0.4, 0.5) is 0 Å². The molecule has 7 nitrogen and oxygen atoms in total. The highest BCUT2D eigenvalue weighted by molar-refractivity contribution is 5.95. The molecule has 0 spiro atoms. The van der Waals surface area contributed by atoms with Crippen molar-refractivity contribution < 1.29 is 23.9 Å². The highest BCUT2D eigenvalue weighted by atomic mass is 16.5. The van der Waals surface area contributed by atoms with E-state index in [4.69, 9.17) is 5.73 Å². The molecule has 0 fully saturated rings. The summed E-state index contributed by atoms with van der Waals surface area (Å²) in [4.78, 5) is 34.2. The van der Waals surface area contributed by atoms with Gasteiger partial charge in [-0.25, -0.2) is 4.79 Å². The Morgan fingerprint density at radius 2 is 1.70 bits per heavy atom. The standard InChI is InChI=1S/C13H22N2O5/c1-8(2)11(16)15-10(13(18)20-4)7-5-6-9(14)12(17)19-3/h9-10H,1,5-7,14H2,2-4H3,(H,15,16). The second-order valence-electron chi connectivity index (χ2n) is 4.39. The number of methoxy groups -OCH3 is 2. The van der Waals surface area contributed by atoms with E-state index in [0.717, 1.165) is 0 Å². The van der Waals surface area contributed by atoms with E-state index >= 15 is 0 Å². The van der Waals surface area contributed by atoms with Crippen LogP contribution in [-0.2, 0) is 23.9 Å². The maximum absolute atomic E-state index is 11.5. The first-order chi connectivity index (χ1) is 9.33. The normalized spacial score (nSPS) is 13.0. The van der Waals surface area contributed by atoms with Crippen LogP contribution in [0.5, 0.6) is 0 Å². The molecule has 3 N–H and O–H groups in total. The van der Waals surface area contributed by atoms with Crippen LogP contribution in [0, 0.1) is 0 Å². The Hall–Kier alpha value is -1.89. The Kier molecular flexibility index (Phi) is 8.23. The van der Waals surface area contributed by atoms with Crippen LogP contribution in [0.3, 0.4) is 0 Å². The van der Waals surface area contributed by atoms with E-state index in [0.29, 0.717) is 24.8 Å². The van der Waals surface area contributed by atoms with Gasteiger partial charge >= 0.3 is 11.9 Å². The minimum atomic E-state index is -0.783. The predicted octanol–water partition coefficient (Wildman–Crippen LogP) is -0.109. The van der Waals surface area contributed by atoms with Crippen molar-refractivity contribution in [3.05, 3.63) is 12.2 Å². The van der Waals surface area contributed by atoms with E-state index in [9.17, 15) is 14.4 Å². The van der Waals surface area contributed by atoms with Gasteiger partial charge < -0.3 is 20.5 Å². The molecule has 0 aromatic rings. The molecule has 2 atom stereocenters. The summed E-state index contributed by atoms with van der Waals surface area (Å²) in [6.45, 7) is 5.03. The molecule has 0 radical (unpaired) electrons. The summed E-state index contributed by atoms with van der Waals surface area (Å²) in [5.41, 5.74) is 5.88. The second kappa shape index (κ2) is 9.08. The second-order valence-corrected chi connectivity index (χ2v) is 4.39. The van der Waals surface area contributed by atoms with Gasteiger partial charge in [-0.3, -0.25) is 9.59 Å². The third kappa shape index (κ3) is 6.33. The smallest absolute Gasteiger partial charge is 0.328 e. The quantitative estimate of drug-likeness (QED) is 0.476. The Balaban J connectivity index is 4.38. The van der Waals surface area contributed by atoms with Crippen LogP contribution >= 0.6 is 0 Å². The fraction of sp³-hybridized carbons (Fsp3) is 0.615. The largest absolute Gasteiger partial charge is 0.468 e. The summed E-state index contributed by atoms with van der Waals surface area (Å²) in [6, 6.07) is -1.52. The van der Waals surface area contributed by atoms with Gasteiger partial charge in [0.25, 0.3) is 0 Å². The number of carbonyl (C=O) groups excluding carboxylic acids is 3. The summed E-state index contributed by atoms with van der Waals surface area (Å²) >= 11 is 0. The van der Waals surface area contributed by atoms with Crippen molar-refractivity contribution in [3.63, 3.8) is 0 Å². The van der Waals surface area contributed by atoms with Gasteiger partial charge in [0.1, 0.15) is 12.1 Å². The number of hydrogen-bond donors (Lipinski definition) is 2. The first-order valence-electron chi connectivity index (χ1n) is 6.21. The first kappa shape index (κ1) is 18.1. The lowest BCUT2D eigenvalue weighted by atomic mass is 10.1. The number of ether oxygens (including phenoxy) is 2. The minimum Gasteiger partial charge on any atom is -0.468 e. The number of esters is 2. The molecule has 0 aliphatic carbocycles. The third-order valence-electron chi connectivity index (χ3n) is 2.69. The average molecular weight is 286 g/mol. The third-order valence-corrected chi connectivity index (χ3v) is 2.69. The van der Waals surface area contributed by atoms with E-state index in [2.05, 4.69) is 21.4 Å². The Morgan fingerprint density at radius 1 is 1.15 bits per heavy atom. The summed E-state index contributed by atoms with van der Waals surface area (Å²) in [5, 5.41) is 2.51. The lowest BCUT2D eigenvalue weighted by Gasteiger charge is -2.17. The molecule has 0 aliphatic heterocycles. The van der Waals surface area contributed by atoms with Gasteiger partial charge in [0.2, 0.25) is 5.91 Å². The monoisotopic (exact) mass is 286 g/mol. The lowest BCUT2D eigenvalue weighted by Crippen LogP contribution is -2.42. The highest BCUT2D eigenvalue weighted by Crippen LogP contribution is 2.06. The molecule has 1 amide bonds. The van der Waals surface area contributed by atoms with Crippen LogP contribution in [0.25, 0.3) is 0 Å². The molecular formula is C13H22N2O5. The van der Waals surface area contributed by atoms with Crippen LogP contribution in [0.2, 0.25) is 0 Å². The van der Waals surface area contributed by atoms with Gasteiger partial charge in [-0.1, -0.05) is 6.58 Å².